The van der Waals surface area contributed by atoms with Gasteiger partial charge < -0.3 is 5.32 Å². The van der Waals surface area contributed by atoms with E-state index in [2.05, 4.69) is 20.1 Å². The predicted octanol–water partition coefficient (Wildman–Crippen LogP) is 4.72. The number of para-hydroxylation sites is 2. The van der Waals surface area contributed by atoms with Gasteiger partial charge in [0, 0.05) is 29.5 Å². The van der Waals surface area contributed by atoms with Crippen molar-refractivity contribution in [3.8, 4) is 11.4 Å². The highest BCUT2D eigenvalue weighted by molar-refractivity contribution is 7.92. The van der Waals surface area contributed by atoms with Crippen molar-refractivity contribution in [3.05, 3.63) is 103 Å². The van der Waals surface area contributed by atoms with Gasteiger partial charge >= 0.3 is 0 Å². The zero-order chi connectivity index (χ0) is 28.8. The molecule has 1 aliphatic rings. The van der Waals surface area contributed by atoms with E-state index in [1.807, 2.05) is 30.3 Å². The van der Waals surface area contributed by atoms with Crippen LogP contribution in [0.5, 0.6) is 0 Å². The van der Waals surface area contributed by atoms with Gasteiger partial charge in [0.05, 0.1) is 10.6 Å². The molecule has 0 bridgehead atoms. The van der Waals surface area contributed by atoms with Crippen molar-refractivity contribution in [2.75, 3.05) is 14.9 Å². The van der Waals surface area contributed by atoms with E-state index in [4.69, 9.17) is 0 Å². The number of sulfonamides is 1. The highest BCUT2D eigenvalue weighted by Gasteiger charge is 2.37. The number of hydrogen-bond donors (Lipinski definition) is 2. The Morgan fingerprint density at radius 2 is 1.44 bits per heavy atom. The molecule has 4 aromatic carbocycles. The molecule has 2 N–H and O–H groups in total. The van der Waals surface area contributed by atoms with Crippen molar-refractivity contribution >= 4 is 54.7 Å². The lowest BCUT2D eigenvalue weighted by atomic mass is 10.2. The molecule has 13 heteroatoms. The van der Waals surface area contributed by atoms with Gasteiger partial charge in [-0.2, -0.15) is 13.4 Å². The third kappa shape index (κ3) is 4.81. The van der Waals surface area contributed by atoms with Gasteiger partial charge in [0.1, 0.15) is 4.90 Å². The van der Waals surface area contributed by atoms with Crippen LogP contribution in [-0.4, -0.2) is 36.9 Å². The van der Waals surface area contributed by atoms with E-state index in [0.717, 1.165) is 4.09 Å². The molecule has 0 atom stereocenters. The third-order valence-electron chi connectivity index (χ3n) is 6.27. The summed E-state index contributed by atoms with van der Waals surface area (Å²) < 4.78 is 56.1. The molecule has 0 fully saturated rings. The molecule has 0 spiro atoms. The van der Waals surface area contributed by atoms with Gasteiger partial charge in [-0.25, -0.2) is 8.42 Å². The molecule has 1 amide bonds. The molecule has 2 heterocycles. The molecule has 0 saturated heterocycles. The van der Waals surface area contributed by atoms with Crippen molar-refractivity contribution in [1.29, 1.82) is 0 Å². The first-order valence-corrected chi connectivity index (χ1v) is 15.2. The summed E-state index contributed by atoms with van der Waals surface area (Å²) in [6, 6.07) is 28.0. The molecule has 41 heavy (non-hydrogen) atoms. The zero-order valence-electron chi connectivity index (χ0n) is 21.5. The average molecular weight is 587 g/mol. The zero-order valence-corrected chi connectivity index (χ0v) is 23.1. The van der Waals surface area contributed by atoms with Gasteiger partial charge in [-0.05, 0) is 72.8 Å². The van der Waals surface area contributed by atoms with Crippen LogP contribution in [0.4, 0.5) is 28.7 Å². The van der Waals surface area contributed by atoms with Crippen LogP contribution < -0.4 is 14.9 Å². The Morgan fingerprint density at radius 1 is 0.805 bits per heavy atom. The fourth-order valence-corrected chi connectivity index (χ4v) is 6.87. The van der Waals surface area contributed by atoms with Gasteiger partial charge in [0.25, 0.3) is 20.0 Å². The summed E-state index contributed by atoms with van der Waals surface area (Å²) in [5, 5.41) is 6.92. The van der Waals surface area contributed by atoms with Gasteiger partial charge in [0.15, 0.2) is 5.82 Å². The Kier molecular flexibility index (Phi) is 6.31. The molecule has 1 aliphatic heterocycles. The van der Waals surface area contributed by atoms with Crippen LogP contribution in [0, 0.1) is 0 Å². The fourth-order valence-electron chi connectivity index (χ4n) is 4.42. The molecule has 1 aromatic heterocycles. The first kappa shape index (κ1) is 26.2. The standard InChI is InChI=1S/C28H22N6O5S2/c1-19(35)29-21-15-17-24(18-16-21)40(36,37)32-22-13-11-20(12-14-22)27-30-28-33(23-7-3-2-4-8-23)25-9-5-6-10-26(25)41(38,39)34(28)31-27/h2-18,32H,1H3,(H,29,35). The molecule has 0 unspecified atom stereocenters. The van der Waals surface area contributed by atoms with E-state index in [0.29, 0.717) is 22.6 Å². The highest BCUT2D eigenvalue weighted by atomic mass is 32.2. The molecular formula is C28H22N6O5S2. The molecule has 11 nitrogen and oxygen atoms in total. The molecule has 0 aliphatic carbocycles. The number of hydrogen-bond acceptors (Lipinski definition) is 8. The van der Waals surface area contributed by atoms with Crippen LogP contribution in [0.1, 0.15) is 6.92 Å². The van der Waals surface area contributed by atoms with Crippen molar-refractivity contribution in [1.82, 2.24) is 14.2 Å². The highest BCUT2D eigenvalue weighted by Crippen LogP contribution is 2.43. The summed E-state index contributed by atoms with van der Waals surface area (Å²) in [6.07, 6.45) is 0. The van der Waals surface area contributed by atoms with Crippen molar-refractivity contribution in [3.63, 3.8) is 0 Å². The van der Waals surface area contributed by atoms with Crippen LogP contribution in [0.3, 0.4) is 0 Å². The minimum absolute atomic E-state index is 0.0184. The Balaban J connectivity index is 1.32. The Morgan fingerprint density at radius 3 is 2.12 bits per heavy atom. The second kappa shape index (κ2) is 9.87. The maximum Gasteiger partial charge on any atom is 0.288 e. The van der Waals surface area contributed by atoms with E-state index in [-0.39, 0.29) is 33.2 Å². The lowest BCUT2D eigenvalue weighted by Gasteiger charge is -2.29. The third-order valence-corrected chi connectivity index (χ3v) is 9.27. The fraction of sp³-hybridized carbons (Fsp3) is 0.0357. The second-order valence-electron chi connectivity index (χ2n) is 9.11. The maximum absolute atomic E-state index is 13.5. The Labute approximate surface area is 236 Å². The summed E-state index contributed by atoms with van der Waals surface area (Å²) in [7, 11) is -7.92. The van der Waals surface area contributed by atoms with Crippen LogP contribution >= 0.6 is 0 Å². The number of amides is 1. The number of nitrogens with one attached hydrogen (secondary N) is 2. The number of carbonyl (C=O) groups is 1. The second-order valence-corrected chi connectivity index (χ2v) is 12.5. The van der Waals surface area contributed by atoms with E-state index in [1.165, 1.54) is 49.4 Å². The summed E-state index contributed by atoms with van der Waals surface area (Å²) in [4.78, 5) is 17.6. The van der Waals surface area contributed by atoms with E-state index >= 15 is 0 Å². The van der Waals surface area contributed by atoms with Crippen LogP contribution in [-0.2, 0) is 24.8 Å². The Hall–Kier alpha value is -5.01. The number of rotatable bonds is 6. The molecule has 5 aromatic rings. The minimum atomic E-state index is -4.02. The number of benzene rings is 4. The van der Waals surface area contributed by atoms with Crippen molar-refractivity contribution in [2.24, 2.45) is 0 Å². The van der Waals surface area contributed by atoms with Crippen molar-refractivity contribution in [2.45, 2.75) is 16.7 Å². The maximum atomic E-state index is 13.5. The summed E-state index contributed by atoms with van der Waals surface area (Å²) in [6.45, 7) is 1.36. The largest absolute Gasteiger partial charge is 0.326 e. The lowest BCUT2D eigenvalue weighted by Crippen LogP contribution is -2.28. The smallest absolute Gasteiger partial charge is 0.288 e. The van der Waals surface area contributed by atoms with Gasteiger partial charge in [0.2, 0.25) is 11.9 Å². The topological polar surface area (TPSA) is 143 Å². The first-order valence-electron chi connectivity index (χ1n) is 12.3. The van der Waals surface area contributed by atoms with E-state index < -0.39 is 20.0 Å². The average Bonchev–Trinajstić information content (AvgIpc) is 3.40. The van der Waals surface area contributed by atoms with Crippen molar-refractivity contribution < 1.29 is 21.6 Å². The number of carbonyl (C=O) groups excluding carboxylic acids is 1. The quantitative estimate of drug-likeness (QED) is 0.285. The van der Waals surface area contributed by atoms with Gasteiger partial charge in [-0.3, -0.25) is 14.4 Å². The summed E-state index contributed by atoms with van der Waals surface area (Å²) in [5.41, 5.74) is 2.42. The SMILES string of the molecule is CC(=O)Nc1ccc(S(=O)(=O)Nc2ccc(-c3nc4n(n3)S(=O)(=O)c3ccccc3N4c3ccccc3)cc2)cc1. The normalized spacial score (nSPS) is 13.6. The van der Waals surface area contributed by atoms with Gasteiger partial charge in [-0.1, -0.05) is 30.3 Å². The van der Waals surface area contributed by atoms with E-state index in [9.17, 15) is 21.6 Å². The number of aromatic nitrogens is 3. The summed E-state index contributed by atoms with van der Waals surface area (Å²) >= 11 is 0. The predicted molar refractivity (Wildman–Crippen MR) is 154 cm³/mol. The molecule has 6 rings (SSSR count). The number of fused-ring (bicyclic) bond motifs is 2. The minimum Gasteiger partial charge on any atom is -0.326 e. The summed E-state index contributed by atoms with van der Waals surface area (Å²) in [5.74, 6) is -0.000504. The molecule has 0 radical (unpaired) electrons. The number of anilines is 5. The molecule has 0 saturated carbocycles. The van der Waals surface area contributed by atoms with Crippen LogP contribution in [0.25, 0.3) is 11.4 Å². The molecule has 206 valence electrons. The van der Waals surface area contributed by atoms with Crippen LogP contribution in [0.15, 0.2) is 113 Å². The van der Waals surface area contributed by atoms with Gasteiger partial charge in [-0.15, -0.1) is 9.19 Å². The monoisotopic (exact) mass is 586 g/mol. The van der Waals surface area contributed by atoms with E-state index in [1.54, 1.807) is 35.2 Å². The first-order chi connectivity index (χ1) is 19.6. The van der Waals surface area contributed by atoms with Crippen LogP contribution in [0.2, 0.25) is 0 Å². The molecular weight excluding hydrogens is 564 g/mol. The Bertz CT molecular complexity index is 1990. The lowest BCUT2D eigenvalue weighted by molar-refractivity contribution is -0.114. The number of nitrogens with zero attached hydrogens (tertiary/aromatic N) is 4.